The predicted octanol–water partition coefficient (Wildman–Crippen LogP) is 1.32. The molecule has 0 aromatic heterocycles. The highest BCUT2D eigenvalue weighted by molar-refractivity contribution is 5.76. The summed E-state index contributed by atoms with van der Waals surface area (Å²) in [4.78, 5) is 11.6. The average molecular weight is 242 g/mol. The molecule has 0 radical (unpaired) electrons. The summed E-state index contributed by atoms with van der Waals surface area (Å²) >= 11 is 0. The summed E-state index contributed by atoms with van der Waals surface area (Å²) in [6.45, 7) is 0.742. The van der Waals surface area contributed by atoms with E-state index in [1.54, 1.807) is 0 Å². The first kappa shape index (κ1) is 14.5. The van der Waals surface area contributed by atoms with Gasteiger partial charge in [0.15, 0.2) is 0 Å². The van der Waals surface area contributed by atoms with Crippen molar-refractivity contribution in [2.24, 2.45) is 5.73 Å². The Bertz CT molecular complexity index is 221. The number of carbonyl (C=O) groups excluding carboxylic acids is 1. The van der Waals surface area contributed by atoms with Gasteiger partial charge in [-0.1, -0.05) is 12.8 Å². The first-order valence-electron chi connectivity index (χ1n) is 6.90. The Morgan fingerprint density at radius 2 is 2.00 bits per heavy atom. The maximum Gasteiger partial charge on any atom is 0.220 e. The van der Waals surface area contributed by atoms with Crippen LogP contribution in [0.1, 0.15) is 57.8 Å². The zero-order chi connectivity index (χ0) is 12.5. The average Bonchev–Trinajstić information content (AvgIpc) is 2.29. The fourth-order valence-corrected chi connectivity index (χ4v) is 2.38. The summed E-state index contributed by atoms with van der Waals surface area (Å²) < 4.78 is 0. The van der Waals surface area contributed by atoms with E-state index in [1.165, 1.54) is 0 Å². The quantitative estimate of drug-likeness (QED) is 0.589. The van der Waals surface area contributed by atoms with Crippen molar-refractivity contribution in [3.05, 3.63) is 0 Å². The number of hydrogen-bond acceptors (Lipinski definition) is 3. The molecule has 0 spiro atoms. The van der Waals surface area contributed by atoms with Crippen molar-refractivity contribution in [3.8, 4) is 0 Å². The Balaban J connectivity index is 2.04. The van der Waals surface area contributed by atoms with Crippen LogP contribution >= 0.6 is 0 Å². The number of carbonyl (C=O) groups is 1. The molecule has 0 bridgehead atoms. The van der Waals surface area contributed by atoms with Crippen LogP contribution in [0.25, 0.3) is 0 Å². The van der Waals surface area contributed by atoms with E-state index in [0.717, 1.165) is 57.9 Å². The minimum absolute atomic E-state index is 0.136. The van der Waals surface area contributed by atoms with E-state index >= 15 is 0 Å². The van der Waals surface area contributed by atoms with Crippen LogP contribution in [0, 0.1) is 0 Å². The topological polar surface area (TPSA) is 75.4 Å². The summed E-state index contributed by atoms with van der Waals surface area (Å²) in [5, 5.41) is 12.5. The van der Waals surface area contributed by atoms with Crippen LogP contribution < -0.4 is 11.1 Å². The molecule has 4 nitrogen and oxygen atoms in total. The van der Waals surface area contributed by atoms with Gasteiger partial charge in [0.1, 0.15) is 0 Å². The summed E-state index contributed by atoms with van der Waals surface area (Å²) in [6, 6.07) is 0.190. The summed E-state index contributed by atoms with van der Waals surface area (Å²) in [5.74, 6) is 0.136. The van der Waals surface area contributed by atoms with Gasteiger partial charge in [-0.2, -0.15) is 0 Å². The molecule has 0 heterocycles. The Kier molecular flexibility index (Phi) is 7.21. The molecule has 1 fully saturated rings. The van der Waals surface area contributed by atoms with Crippen LogP contribution in [0.4, 0.5) is 0 Å². The number of amides is 1. The normalized spacial score (nSPS) is 24.6. The van der Waals surface area contributed by atoms with E-state index < -0.39 is 0 Å². The zero-order valence-corrected chi connectivity index (χ0v) is 10.7. The lowest BCUT2D eigenvalue weighted by Crippen LogP contribution is -2.39. The van der Waals surface area contributed by atoms with Gasteiger partial charge < -0.3 is 16.2 Å². The summed E-state index contributed by atoms with van der Waals surface area (Å²) in [6.07, 6.45) is 8.21. The second-order valence-electron chi connectivity index (χ2n) is 5.04. The molecular formula is C13H26N2O2. The summed E-state index contributed by atoms with van der Waals surface area (Å²) in [7, 11) is 0. The Morgan fingerprint density at radius 1 is 1.24 bits per heavy atom. The molecule has 0 aliphatic heterocycles. The highest BCUT2D eigenvalue weighted by Crippen LogP contribution is 2.18. The van der Waals surface area contributed by atoms with Crippen molar-refractivity contribution in [2.75, 3.05) is 6.54 Å². The van der Waals surface area contributed by atoms with Crippen LogP contribution in [-0.4, -0.2) is 29.7 Å². The van der Waals surface area contributed by atoms with E-state index in [4.69, 9.17) is 5.73 Å². The smallest absolute Gasteiger partial charge is 0.220 e. The zero-order valence-electron chi connectivity index (χ0n) is 10.7. The van der Waals surface area contributed by atoms with Crippen molar-refractivity contribution < 1.29 is 9.90 Å². The van der Waals surface area contributed by atoms with Gasteiger partial charge in [0.05, 0.1) is 6.10 Å². The highest BCUT2D eigenvalue weighted by Gasteiger charge is 2.21. The first-order chi connectivity index (χ1) is 8.22. The lowest BCUT2D eigenvalue weighted by Gasteiger charge is -2.26. The van der Waals surface area contributed by atoms with Crippen LogP contribution in [0.15, 0.2) is 0 Å². The predicted molar refractivity (Wildman–Crippen MR) is 68.5 cm³/mol. The Labute approximate surface area is 104 Å². The molecule has 2 atom stereocenters. The third-order valence-electron chi connectivity index (χ3n) is 3.37. The molecule has 0 aromatic carbocycles. The minimum Gasteiger partial charge on any atom is -0.393 e. The number of rotatable bonds is 7. The van der Waals surface area contributed by atoms with Crippen LogP contribution in [-0.2, 0) is 4.79 Å². The molecule has 1 amide bonds. The molecule has 4 heteroatoms. The third-order valence-corrected chi connectivity index (χ3v) is 3.37. The van der Waals surface area contributed by atoms with Crippen molar-refractivity contribution in [1.82, 2.24) is 5.32 Å². The Hall–Kier alpha value is -0.610. The number of aliphatic hydroxyl groups excluding tert-OH is 1. The van der Waals surface area contributed by atoms with Crippen molar-refractivity contribution in [1.29, 1.82) is 0 Å². The number of aliphatic hydroxyl groups is 1. The van der Waals surface area contributed by atoms with Crippen LogP contribution in [0.5, 0.6) is 0 Å². The van der Waals surface area contributed by atoms with E-state index in [0.29, 0.717) is 6.42 Å². The molecule has 1 rings (SSSR count). The number of hydrogen-bond donors (Lipinski definition) is 3. The fourth-order valence-electron chi connectivity index (χ4n) is 2.38. The molecular weight excluding hydrogens is 216 g/mol. The molecule has 1 aliphatic rings. The van der Waals surface area contributed by atoms with E-state index in [1.807, 2.05) is 0 Å². The fraction of sp³-hybridized carbons (Fsp3) is 0.923. The maximum absolute atomic E-state index is 11.6. The molecule has 0 aromatic rings. The van der Waals surface area contributed by atoms with E-state index in [2.05, 4.69) is 5.32 Å². The third kappa shape index (κ3) is 6.64. The molecule has 100 valence electrons. The van der Waals surface area contributed by atoms with Gasteiger partial charge >= 0.3 is 0 Å². The standard InChI is InChI=1S/C13H26N2O2/c14-9-4-2-1-3-8-13(17)15-11-6-5-7-12(16)10-11/h11-12,16H,1-10,14H2,(H,15,17). The van der Waals surface area contributed by atoms with Gasteiger partial charge in [-0.15, -0.1) is 0 Å². The SMILES string of the molecule is NCCCCCCC(=O)NC1CCCC(O)C1. The number of unbranched alkanes of at least 4 members (excludes halogenated alkanes) is 3. The summed E-state index contributed by atoms with van der Waals surface area (Å²) in [5.41, 5.74) is 5.40. The first-order valence-corrected chi connectivity index (χ1v) is 6.90. The van der Waals surface area contributed by atoms with Crippen LogP contribution in [0.3, 0.4) is 0 Å². The lowest BCUT2D eigenvalue weighted by molar-refractivity contribution is -0.122. The van der Waals surface area contributed by atoms with E-state index in [9.17, 15) is 9.90 Å². The van der Waals surface area contributed by atoms with Crippen molar-refractivity contribution in [3.63, 3.8) is 0 Å². The second-order valence-corrected chi connectivity index (χ2v) is 5.04. The second kappa shape index (κ2) is 8.48. The number of nitrogens with one attached hydrogen (secondary N) is 1. The Morgan fingerprint density at radius 3 is 2.71 bits per heavy atom. The molecule has 0 saturated heterocycles. The van der Waals surface area contributed by atoms with Gasteiger partial charge in [-0.25, -0.2) is 0 Å². The maximum atomic E-state index is 11.6. The molecule has 1 saturated carbocycles. The molecule has 4 N–H and O–H groups in total. The van der Waals surface area contributed by atoms with Crippen molar-refractivity contribution in [2.45, 2.75) is 69.9 Å². The highest BCUT2D eigenvalue weighted by atomic mass is 16.3. The minimum atomic E-state index is -0.224. The lowest BCUT2D eigenvalue weighted by atomic mass is 9.93. The van der Waals surface area contributed by atoms with Gasteiger partial charge in [0.2, 0.25) is 5.91 Å². The van der Waals surface area contributed by atoms with Gasteiger partial charge in [-0.05, 0) is 45.1 Å². The van der Waals surface area contributed by atoms with Gasteiger partial charge in [0.25, 0.3) is 0 Å². The molecule has 2 unspecified atom stereocenters. The molecule has 17 heavy (non-hydrogen) atoms. The van der Waals surface area contributed by atoms with Crippen LogP contribution in [0.2, 0.25) is 0 Å². The molecule has 1 aliphatic carbocycles. The van der Waals surface area contributed by atoms with Gasteiger partial charge in [0, 0.05) is 12.5 Å². The largest absolute Gasteiger partial charge is 0.393 e. The van der Waals surface area contributed by atoms with Gasteiger partial charge in [-0.3, -0.25) is 4.79 Å². The monoisotopic (exact) mass is 242 g/mol. The van der Waals surface area contributed by atoms with Crippen molar-refractivity contribution >= 4 is 5.91 Å². The number of nitrogens with two attached hydrogens (primary N) is 1. The van der Waals surface area contributed by atoms with E-state index in [-0.39, 0.29) is 18.1 Å².